The molecular weight excluding hydrogens is 322 g/mol. The number of fused-ring (bicyclic) bond motifs is 1. The van der Waals surface area contributed by atoms with E-state index in [1.165, 1.54) is 18.2 Å². The van der Waals surface area contributed by atoms with Gasteiger partial charge in [-0.05, 0) is 24.3 Å². The number of benzene rings is 2. The molecule has 1 aliphatic rings. The van der Waals surface area contributed by atoms with E-state index in [1.54, 1.807) is 18.2 Å². The molecule has 0 atom stereocenters. The zero-order valence-corrected chi connectivity index (χ0v) is 12.8. The molecule has 0 N–H and O–H groups in total. The van der Waals surface area contributed by atoms with Crippen molar-refractivity contribution in [1.82, 2.24) is 5.06 Å². The molecule has 0 fully saturated rings. The van der Waals surface area contributed by atoms with Crippen LogP contribution in [0, 0.1) is 0 Å². The Labute approximate surface area is 142 Å². The fourth-order valence-electron chi connectivity index (χ4n) is 2.58. The highest BCUT2D eigenvalue weighted by Gasteiger charge is 2.39. The second-order valence-corrected chi connectivity index (χ2v) is 5.36. The number of hydrogen-bond acceptors (Lipinski definition) is 5. The van der Waals surface area contributed by atoms with Crippen LogP contribution >= 0.6 is 0 Å². The number of nitrogens with zero attached hydrogens (tertiary/aromatic N) is 1. The van der Waals surface area contributed by atoms with Gasteiger partial charge in [0.05, 0.1) is 11.1 Å². The Morgan fingerprint density at radius 1 is 0.800 bits per heavy atom. The number of furan rings is 1. The number of carbonyl (C=O) groups is 3. The van der Waals surface area contributed by atoms with E-state index >= 15 is 0 Å². The van der Waals surface area contributed by atoms with Gasteiger partial charge in [0, 0.05) is 5.56 Å². The lowest BCUT2D eigenvalue weighted by Crippen LogP contribution is -2.32. The number of hydroxylamine groups is 2. The minimum absolute atomic E-state index is 0.101. The number of hydrogen-bond donors (Lipinski definition) is 0. The lowest BCUT2D eigenvalue weighted by Gasteiger charge is -2.11. The Kier molecular flexibility index (Phi) is 3.43. The van der Waals surface area contributed by atoms with Crippen molar-refractivity contribution in [2.45, 2.75) is 0 Å². The maximum Gasteiger partial charge on any atom is 0.399 e. The second-order valence-electron chi connectivity index (χ2n) is 5.36. The first-order valence-electron chi connectivity index (χ1n) is 7.50. The van der Waals surface area contributed by atoms with Gasteiger partial charge in [-0.1, -0.05) is 47.5 Å². The quantitative estimate of drug-likeness (QED) is 0.687. The molecule has 25 heavy (non-hydrogen) atoms. The van der Waals surface area contributed by atoms with E-state index in [2.05, 4.69) is 0 Å². The molecule has 0 radical (unpaired) electrons. The number of rotatable bonds is 3. The highest BCUT2D eigenvalue weighted by Crippen LogP contribution is 2.25. The first kappa shape index (κ1) is 14.9. The van der Waals surface area contributed by atoms with Gasteiger partial charge in [-0.2, -0.15) is 0 Å². The van der Waals surface area contributed by atoms with Gasteiger partial charge in [0.25, 0.3) is 11.8 Å². The molecule has 0 spiro atoms. The molecule has 1 aliphatic heterocycles. The summed E-state index contributed by atoms with van der Waals surface area (Å²) in [7, 11) is 0. The van der Waals surface area contributed by atoms with Crippen LogP contribution in [0.2, 0.25) is 0 Å². The fourth-order valence-corrected chi connectivity index (χ4v) is 2.58. The Morgan fingerprint density at radius 3 is 2.04 bits per heavy atom. The van der Waals surface area contributed by atoms with Crippen LogP contribution in [0.4, 0.5) is 0 Å². The van der Waals surface area contributed by atoms with Gasteiger partial charge in [-0.25, -0.2) is 4.79 Å². The van der Waals surface area contributed by atoms with E-state index in [-0.39, 0.29) is 16.9 Å². The maximum atomic E-state index is 12.2. The molecule has 0 aliphatic carbocycles. The minimum atomic E-state index is -0.920. The molecule has 6 heteroatoms. The summed E-state index contributed by atoms with van der Waals surface area (Å²) < 4.78 is 5.47. The molecular formula is C19H11NO5. The molecule has 0 saturated carbocycles. The lowest BCUT2D eigenvalue weighted by molar-refractivity contribution is -0.0602. The van der Waals surface area contributed by atoms with Crippen molar-refractivity contribution in [3.63, 3.8) is 0 Å². The van der Waals surface area contributed by atoms with Crippen molar-refractivity contribution in [3.8, 4) is 11.3 Å². The molecule has 2 heterocycles. The molecule has 0 saturated heterocycles. The molecule has 4 rings (SSSR count). The van der Waals surface area contributed by atoms with Gasteiger partial charge in [-0.3, -0.25) is 9.59 Å². The van der Waals surface area contributed by atoms with Crippen molar-refractivity contribution in [2.75, 3.05) is 0 Å². The predicted octanol–water partition coefficient (Wildman–Crippen LogP) is 3.31. The first-order valence-corrected chi connectivity index (χ1v) is 7.50. The number of imide groups is 1. The maximum absolute atomic E-state index is 12.2. The summed E-state index contributed by atoms with van der Waals surface area (Å²) in [5.41, 5.74) is 1.19. The Bertz CT molecular complexity index is 955. The molecule has 3 aromatic rings. The Balaban J connectivity index is 1.55. The van der Waals surface area contributed by atoms with Crippen LogP contribution in [0.15, 0.2) is 71.1 Å². The van der Waals surface area contributed by atoms with Gasteiger partial charge in [0.15, 0.2) is 0 Å². The lowest BCUT2D eigenvalue weighted by atomic mass is 10.1. The molecule has 1 aromatic heterocycles. The van der Waals surface area contributed by atoms with Gasteiger partial charge in [0.1, 0.15) is 5.76 Å². The average Bonchev–Trinajstić information content (AvgIpc) is 3.23. The summed E-state index contributed by atoms with van der Waals surface area (Å²) in [6, 6.07) is 18.5. The van der Waals surface area contributed by atoms with Crippen LogP contribution < -0.4 is 0 Å². The largest absolute Gasteiger partial charge is 0.449 e. The zero-order valence-electron chi connectivity index (χ0n) is 12.8. The zero-order chi connectivity index (χ0) is 17.4. The third-order valence-corrected chi connectivity index (χ3v) is 3.80. The van der Waals surface area contributed by atoms with E-state index in [1.807, 2.05) is 30.3 Å². The molecule has 122 valence electrons. The topological polar surface area (TPSA) is 76.8 Å². The van der Waals surface area contributed by atoms with Crippen LogP contribution in [-0.2, 0) is 4.84 Å². The molecule has 0 unspecified atom stereocenters. The summed E-state index contributed by atoms with van der Waals surface area (Å²) in [4.78, 5) is 41.6. The van der Waals surface area contributed by atoms with Gasteiger partial charge < -0.3 is 9.25 Å². The molecule has 6 nitrogen and oxygen atoms in total. The average molecular weight is 333 g/mol. The van der Waals surface area contributed by atoms with Crippen molar-refractivity contribution in [2.24, 2.45) is 0 Å². The van der Waals surface area contributed by atoms with Crippen LogP contribution in [0.1, 0.15) is 31.3 Å². The molecule has 2 amide bonds. The fraction of sp³-hybridized carbons (Fsp3) is 0. The van der Waals surface area contributed by atoms with Crippen LogP contribution in [0.3, 0.4) is 0 Å². The Morgan fingerprint density at radius 2 is 1.40 bits per heavy atom. The van der Waals surface area contributed by atoms with Crippen molar-refractivity contribution < 1.29 is 23.6 Å². The van der Waals surface area contributed by atoms with Crippen molar-refractivity contribution in [1.29, 1.82) is 0 Å². The smallest absolute Gasteiger partial charge is 0.399 e. The normalized spacial score (nSPS) is 13.0. The van der Waals surface area contributed by atoms with E-state index in [0.717, 1.165) is 5.56 Å². The van der Waals surface area contributed by atoms with Crippen LogP contribution in [0.5, 0.6) is 0 Å². The van der Waals surface area contributed by atoms with Crippen LogP contribution in [-0.4, -0.2) is 22.8 Å². The highest BCUT2D eigenvalue weighted by atomic mass is 16.7. The summed E-state index contributed by atoms with van der Waals surface area (Å²) in [6.07, 6.45) is 0. The molecule has 0 bridgehead atoms. The second kappa shape index (κ2) is 5.76. The summed E-state index contributed by atoms with van der Waals surface area (Å²) in [5, 5.41) is 0.456. The predicted molar refractivity (Wildman–Crippen MR) is 86.5 cm³/mol. The molecule has 2 aromatic carbocycles. The summed E-state index contributed by atoms with van der Waals surface area (Å²) in [6.45, 7) is 0. The number of carbonyl (C=O) groups excluding carboxylic acids is 3. The minimum Gasteiger partial charge on any atom is -0.449 e. The van der Waals surface area contributed by atoms with Gasteiger partial charge in [-0.15, -0.1) is 0 Å². The Hall–Kier alpha value is -3.67. The monoisotopic (exact) mass is 333 g/mol. The first-order chi connectivity index (χ1) is 12.1. The standard InChI is InChI=1S/C19H11NO5/c21-17-13-8-4-5-9-14(13)18(22)20(17)25-19(23)16-11-10-15(24-16)12-6-2-1-3-7-12/h1-11H. The van der Waals surface area contributed by atoms with Crippen molar-refractivity contribution in [3.05, 3.63) is 83.6 Å². The summed E-state index contributed by atoms with van der Waals surface area (Å²) in [5.74, 6) is -1.89. The van der Waals surface area contributed by atoms with Gasteiger partial charge in [0.2, 0.25) is 5.76 Å². The van der Waals surface area contributed by atoms with E-state index in [0.29, 0.717) is 10.8 Å². The SMILES string of the molecule is O=C(ON1C(=O)c2ccccc2C1=O)c1ccc(-c2ccccc2)o1. The summed E-state index contributed by atoms with van der Waals surface area (Å²) >= 11 is 0. The number of amides is 2. The third kappa shape index (κ3) is 2.49. The van der Waals surface area contributed by atoms with Crippen LogP contribution in [0.25, 0.3) is 11.3 Å². The van der Waals surface area contributed by atoms with Crippen molar-refractivity contribution >= 4 is 17.8 Å². The van der Waals surface area contributed by atoms with E-state index < -0.39 is 17.8 Å². The van der Waals surface area contributed by atoms with E-state index in [4.69, 9.17) is 9.25 Å². The highest BCUT2D eigenvalue weighted by molar-refractivity contribution is 6.21. The third-order valence-electron chi connectivity index (χ3n) is 3.80. The van der Waals surface area contributed by atoms with E-state index in [9.17, 15) is 14.4 Å². The van der Waals surface area contributed by atoms with Gasteiger partial charge >= 0.3 is 5.97 Å².